The molecule has 652 valence electrons. The SMILES string of the molecule is CN(CCN1CCCCC1)C(=O)Cc1ccc(Br)cc1.CN(CCc1ccc(Br)cc1)CCN1CCCCC1.CN(CCc1ccc(I)cc1)CCN1CCCCC1.CN(CCc1ccc([125I])cc1)CCN1CCCCC1.Cc1ccc(CCN(C)CCN2CCCCC2)cc1.O=C(O)Cc1ccc(Br)cc1.ONCCN1CCCCC1. The molecule has 117 heavy (non-hydrogen) atoms. The summed E-state index contributed by atoms with van der Waals surface area (Å²) >= 11 is 14.9. The van der Waals surface area contributed by atoms with Crippen LogP contribution in [0.4, 0.5) is 0 Å². The third kappa shape index (κ3) is 50.3. The van der Waals surface area contributed by atoms with Gasteiger partial charge in [-0.05, 0) is 356 Å². The van der Waals surface area contributed by atoms with Gasteiger partial charge in [0.2, 0.25) is 5.91 Å². The summed E-state index contributed by atoms with van der Waals surface area (Å²) in [6.07, 6.45) is 30.1. The first-order valence-corrected chi connectivity index (χ1v) is 48.9. The summed E-state index contributed by atoms with van der Waals surface area (Å²) in [5, 5.41) is 16.7. The number of aryl methyl sites for hydroxylation is 1. The highest BCUT2D eigenvalue weighted by atomic mass is 127. The van der Waals surface area contributed by atoms with E-state index in [1.165, 1.54) is 281 Å². The van der Waals surface area contributed by atoms with Crippen LogP contribution in [0.15, 0.2) is 159 Å². The lowest BCUT2D eigenvalue weighted by molar-refractivity contribution is -0.136. The number of piperidine rings is 6. The molecule has 6 aliphatic rings. The van der Waals surface area contributed by atoms with Gasteiger partial charge in [0.15, 0.2) is 0 Å². The van der Waals surface area contributed by atoms with Crippen molar-refractivity contribution in [2.75, 3.05) is 218 Å². The number of halogens is 5. The Morgan fingerprint density at radius 3 is 0.889 bits per heavy atom. The van der Waals surface area contributed by atoms with Crippen LogP contribution in [-0.2, 0) is 48.1 Å². The molecule has 6 heterocycles. The Hall–Kier alpha value is -3.32. The maximum atomic E-state index is 12.2. The number of benzene rings is 6. The smallest absolute Gasteiger partial charge is 0.307 e. The summed E-state index contributed by atoms with van der Waals surface area (Å²) in [6.45, 7) is 35.3. The van der Waals surface area contributed by atoms with Crippen LogP contribution < -0.4 is 5.48 Å². The van der Waals surface area contributed by atoms with E-state index in [0.29, 0.717) is 13.0 Å². The number of rotatable bonds is 34. The molecule has 3 N–H and O–H groups in total. The van der Waals surface area contributed by atoms with Crippen LogP contribution in [0, 0.1) is 14.1 Å². The van der Waals surface area contributed by atoms with Gasteiger partial charge in [-0.15, -0.1) is 0 Å². The molecule has 6 fully saturated rings. The molecule has 0 spiro atoms. The van der Waals surface area contributed by atoms with Crippen molar-refractivity contribution in [2.45, 2.75) is 161 Å². The standard InChI is InChI=1S/C17H28N2.C16H23BrN2O.C16H25BrN2.2C16H25IN2.C8H7BrO2.C7H16N2O/c1-16-6-8-17(9-7-16)10-13-18(2)14-15-19-11-4-3-5-12-19;1-18(11-12-19-9-3-2-4-10-19)16(20)13-14-5-7-15(17)8-6-14;3*1-18(13-14-19-10-3-2-4-11-19)12-9-15-5-7-16(17)8-6-15;9-7-3-1-6(2-4-7)5-8(10)11;10-8-4-7-9-5-2-1-3-6-9/h6-9H,3-5,10-15H2,1-2H3;5-8H,2-4,9-13H2,1H3;3*5-8H,2-4,9-14H2,1H3;1-4H,5H2,(H,10,11);8,10H,1-7H2/i;;;17-2;;;. The largest absolute Gasteiger partial charge is 0.481 e. The molecule has 0 aliphatic carbocycles. The fraction of sp³-hybridized carbons (Fsp3) is 0.604. The fourth-order valence-electron chi connectivity index (χ4n) is 15.1. The summed E-state index contributed by atoms with van der Waals surface area (Å²) in [7, 11) is 10.9. The number of amides is 1. The van der Waals surface area contributed by atoms with Gasteiger partial charge in [-0.3, -0.25) is 9.59 Å². The number of likely N-dealkylation sites (N-methyl/N-ethyl adjacent to an activating group) is 5. The molecule has 0 bridgehead atoms. The zero-order chi connectivity index (χ0) is 83.9. The van der Waals surface area contributed by atoms with E-state index >= 15 is 0 Å². The first kappa shape index (κ1) is 102. The predicted molar refractivity (Wildman–Crippen MR) is 521 cm³/mol. The number of nitrogens with zero attached hydrogens (tertiary/aromatic N) is 11. The molecule has 6 aliphatic heterocycles. The summed E-state index contributed by atoms with van der Waals surface area (Å²) in [4.78, 5) is 49.4. The lowest BCUT2D eigenvalue weighted by atomic mass is 10.1. The van der Waals surface area contributed by atoms with Gasteiger partial charge >= 0.3 is 5.97 Å². The molecule has 6 aromatic rings. The van der Waals surface area contributed by atoms with Crippen LogP contribution in [0.1, 0.15) is 155 Å². The molecule has 0 radical (unpaired) electrons. The summed E-state index contributed by atoms with van der Waals surface area (Å²) in [5.41, 5.74) is 11.2. The molecule has 21 heteroatoms. The number of carbonyl (C=O) groups excluding carboxylic acids is 1. The minimum absolute atomic E-state index is 0.0906. The van der Waals surface area contributed by atoms with E-state index in [9.17, 15) is 9.59 Å². The molecule has 12 rings (SSSR count). The van der Waals surface area contributed by atoms with Crippen molar-refractivity contribution in [3.05, 3.63) is 205 Å². The lowest BCUT2D eigenvalue weighted by Crippen LogP contribution is -2.39. The number of carbonyl (C=O) groups is 2. The van der Waals surface area contributed by atoms with Crippen molar-refractivity contribution >= 4 is 105 Å². The zero-order valence-electron chi connectivity index (χ0n) is 72.6. The molecular formula is C96H149Br3I2N12O4. The molecule has 0 saturated carbocycles. The second kappa shape index (κ2) is 63.6. The predicted octanol–water partition coefficient (Wildman–Crippen LogP) is 18.3. The molecule has 6 aromatic carbocycles. The van der Waals surface area contributed by atoms with E-state index in [0.717, 1.165) is 96.0 Å². The van der Waals surface area contributed by atoms with Crippen LogP contribution in [-0.4, -0.2) is 295 Å². The van der Waals surface area contributed by atoms with Crippen LogP contribution >= 0.6 is 93.0 Å². The van der Waals surface area contributed by atoms with E-state index in [1.54, 1.807) is 12.1 Å². The Morgan fingerprint density at radius 2 is 0.598 bits per heavy atom. The average molecular weight is 2030 g/mol. The monoisotopic (exact) mass is 2020 g/mol. The van der Waals surface area contributed by atoms with Gasteiger partial charge < -0.3 is 64.2 Å². The van der Waals surface area contributed by atoms with Crippen molar-refractivity contribution in [3.63, 3.8) is 0 Å². The van der Waals surface area contributed by atoms with E-state index < -0.39 is 5.97 Å². The van der Waals surface area contributed by atoms with Gasteiger partial charge in [-0.2, -0.15) is 0 Å². The van der Waals surface area contributed by atoms with Crippen LogP contribution in [0.25, 0.3) is 0 Å². The Kier molecular flexibility index (Phi) is 55.7. The maximum Gasteiger partial charge on any atom is 0.307 e. The highest BCUT2D eigenvalue weighted by molar-refractivity contribution is 14.1. The van der Waals surface area contributed by atoms with E-state index in [4.69, 9.17) is 10.3 Å². The van der Waals surface area contributed by atoms with Gasteiger partial charge in [-0.25, -0.2) is 5.48 Å². The number of hydroxylamine groups is 1. The van der Waals surface area contributed by atoms with Gasteiger partial charge in [0.25, 0.3) is 0 Å². The minimum Gasteiger partial charge on any atom is -0.481 e. The third-order valence-corrected chi connectivity index (χ3v) is 26.2. The van der Waals surface area contributed by atoms with Crippen LogP contribution in [0.5, 0.6) is 0 Å². The second-order valence-electron chi connectivity index (χ2n) is 33.2. The van der Waals surface area contributed by atoms with Crippen molar-refractivity contribution < 1.29 is 19.9 Å². The van der Waals surface area contributed by atoms with E-state index in [-0.39, 0.29) is 12.3 Å². The van der Waals surface area contributed by atoms with Crippen LogP contribution in [0.2, 0.25) is 0 Å². The molecule has 1 amide bonds. The summed E-state index contributed by atoms with van der Waals surface area (Å²) in [5.74, 6) is -0.600. The molecule has 6 saturated heterocycles. The Morgan fingerprint density at radius 1 is 0.350 bits per heavy atom. The number of aliphatic carboxylic acids is 1. The van der Waals surface area contributed by atoms with Crippen molar-refractivity contribution in [2.24, 2.45) is 0 Å². The minimum atomic E-state index is -0.799. The van der Waals surface area contributed by atoms with Gasteiger partial charge in [-0.1, -0.05) is 177 Å². The van der Waals surface area contributed by atoms with Crippen molar-refractivity contribution in [1.29, 1.82) is 0 Å². The third-order valence-electron chi connectivity index (χ3n) is 23.1. The number of nitrogens with one attached hydrogen (secondary N) is 1. The molecule has 0 atom stereocenters. The maximum absolute atomic E-state index is 12.2. The highest BCUT2D eigenvalue weighted by Gasteiger charge is 2.18. The summed E-state index contributed by atoms with van der Waals surface area (Å²) in [6, 6.07) is 50.6. The van der Waals surface area contributed by atoms with Crippen molar-refractivity contribution in [1.82, 2.24) is 59.4 Å². The first-order chi connectivity index (χ1) is 56.7. The van der Waals surface area contributed by atoms with Crippen LogP contribution in [0.3, 0.4) is 0 Å². The average Bonchev–Trinajstić information content (AvgIpc) is 0.909. The second-order valence-corrected chi connectivity index (χ2v) is 38.5. The molecular weight excluding hydrogens is 1880 g/mol. The van der Waals surface area contributed by atoms with Gasteiger partial charge in [0.05, 0.1) is 12.8 Å². The van der Waals surface area contributed by atoms with Gasteiger partial charge in [0.1, 0.15) is 0 Å². The number of hydrogen-bond acceptors (Lipinski definition) is 14. The lowest BCUT2D eigenvalue weighted by Gasteiger charge is -2.28. The quantitative estimate of drug-likeness (QED) is 0.0262. The summed E-state index contributed by atoms with van der Waals surface area (Å²) < 4.78 is 5.81. The van der Waals surface area contributed by atoms with E-state index in [1.807, 2.05) is 48.3 Å². The number of hydrogen-bond donors (Lipinski definition) is 3. The van der Waals surface area contributed by atoms with E-state index in [2.05, 4.69) is 280 Å². The zero-order valence-corrected chi connectivity index (χ0v) is 81.7. The molecule has 16 nitrogen and oxygen atoms in total. The molecule has 0 unspecified atom stereocenters. The van der Waals surface area contributed by atoms with Gasteiger partial charge in [0, 0.05) is 132 Å². The number of likely N-dealkylation sites (tertiary alicyclic amines) is 6. The number of carboxylic acids is 1. The van der Waals surface area contributed by atoms with Crippen molar-refractivity contribution in [3.8, 4) is 0 Å². The number of carboxylic acid groups (broad SMARTS) is 1. The topological polar surface area (TPSA) is 122 Å². The Labute approximate surface area is 762 Å². The first-order valence-electron chi connectivity index (χ1n) is 44.4. The Bertz CT molecular complexity index is 3160. The Balaban J connectivity index is 0.000000214. The highest BCUT2D eigenvalue weighted by Crippen LogP contribution is 2.19. The normalized spacial score (nSPS) is 16.5. The fourth-order valence-corrected chi connectivity index (χ4v) is 16.6. The molecule has 0 aromatic heterocycles.